The normalized spacial score (nSPS) is 12.2. The molecule has 1 aromatic carbocycles. The Kier molecular flexibility index (Phi) is 8.73. The lowest BCUT2D eigenvalue weighted by Gasteiger charge is -2.15. The molecular formula is C16H27BrNO3+. The minimum Gasteiger partial charge on any atom is -0.493 e. The number of benzene rings is 1. The summed E-state index contributed by atoms with van der Waals surface area (Å²) in [6.45, 7) is 5.92. The first-order valence-corrected chi connectivity index (χ1v) is 8.38. The Labute approximate surface area is 136 Å². The molecule has 0 unspecified atom stereocenters. The Balaban J connectivity index is 2.77. The fourth-order valence-corrected chi connectivity index (χ4v) is 2.48. The summed E-state index contributed by atoms with van der Waals surface area (Å²) in [7, 11) is 1.66. The van der Waals surface area contributed by atoms with E-state index in [4.69, 9.17) is 9.47 Å². The quantitative estimate of drug-likeness (QED) is 0.630. The van der Waals surface area contributed by atoms with Crippen LogP contribution in [0.2, 0.25) is 0 Å². The maximum Gasteiger partial charge on any atom is 0.162 e. The van der Waals surface area contributed by atoms with E-state index < -0.39 is 0 Å². The van der Waals surface area contributed by atoms with E-state index in [9.17, 15) is 5.11 Å². The van der Waals surface area contributed by atoms with Gasteiger partial charge in [0.2, 0.25) is 0 Å². The number of quaternary nitrogens is 1. The van der Waals surface area contributed by atoms with E-state index >= 15 is 0 Å². The van der Waals surface area contributed by atoms with Crippen molar-refractivity contribution in [2.45, 2.75) is 45.7 Å². The van der Waals surface area contributed by atoms with Gasteiger partial charge in [0.15, 0.2) is 11.5 Å². The van der Waals surface area contributed by atoms with E-state index in [1.165, 1.54) is 0 Å². The molecule has 0 saturated heterocycles. The van der Waals surface area contributed by atoms with Crippen molar-refractivity contribution in [2.75, 3.05) is 20.3 Å². The highest BCUT2D eigenvalue weighted by atomic mass is 79.9. The highest BCUT2D eigenvalue weighted by molar-refractivity contribution is 9.10. The second kappa shape index (κ2) is 10.0. The molecule has 0 spiro atoms. The predicted octanol–water partition coefficient (Wildman–Crippen LogP) is 2.47. The lowest BCUT2D eigenvalue weighted by molar-refractivity contribution is -0.706. The minimum atomic E-state index is 0.198. The van der Waals surface area contributed by atoms with Crippen molar-refractivity contribution in [3.05, 3.63) is 22.2 Å². The molecule has 0 amide bonds. The third kappa shape index (κ3) is 5.85. The fourth-order valence-electron chi connectivity index (χ4n) is 2.00. The van der Waals surface area contributed by atoms with Gasteiger partial charge in [-0.2, -0.15) is 0 Å². The highest BCUT2D eigenvalue weighted by Crippen LogP contribution is 2.33. The summed E-state index contributed by atoms with van der Waals surface area (Å²) >= 11 is 3.60. The van der Waals surface area contributed by atoms with E-state index in [0.717, 1.165) is 47.3 Å². The molecule has 1 aromatic rings. The number of ether oxygens (including phenoxy) is 2. The molecule has 0 aliphatic heterocycles. The van der Waals surface area contributed by atoms with Crippen molar-refractivity contribution < 1.29 is 19.9 Å². The minimum absolute atomic E-state index is 0.198. The molecule has 1 atom stereocenters. The summed E-state index contributed by atoms with van der Waals surface area (Å²) in [6, 6.07) is 4.21. The Morgan fingerprint density at radius 2 is 2.05 bits per heavy atom. The van der Waals surface area contributed by atoms with Crippen LogP contribution in [0.15, 0.2) is 16.6 Å². The number of aliphatic hydroxyl groups is 1. The molecule has 3 N–H and O–H groups in total. The lowest BCUT2D eigenvalue weighted by Crippen LogP contribution is -2.89. The smallest absolute Gasteiger partial charge is 0.162 e. The molecule has 21 heavy (non-hydrogen) atoms. The number of hydrogen-bond donors (Lipinski definition) is 2. The van der Waals surface area contributed by atoms with Crippen LogP contribution in [-0.2, 0) is 6.54 Å². The zero-order valence-corrected chi connectivity index (χ0v) is 14.8. The molecule has 0 aliphatic rings. The summed E-state index contributed by atoms with van der Waals surface area (Å²) in [6.07, 6.45) is 3.09. The van der Waals surface area contributed by atoms with Gasteiger partial charge < -0.3 is 19.9 Å². The van der Waals surface area contributed by atoms with Gasteiger partial charge in [-0.25, -0.2) is 0 Å². The lowest BCUT2D eigenvalue weighted by atomic mass is 10.1. The fraction of sp³-hybridized carbons (Fsp3) is 0.625. The van der Waals surface area contributed by atoms with Gasteiger partial charge in [-0.05, 0) is 25.0 Å². The first-order valence-electron chi connectivity index (χ1n) is 7.59. The Hall–Kier alpha value is -0.780. The third-order valence-electron chi connectivity index (χ3n) is 3.52. The topological polar surface area (TPSA) is 55.3 Å². The Bertz CT molecular complexity index is 422. The van der Waals surface area contributed by atoms with Gasteiger partial charge in [0.1, 0.15) is 12.6 Å². The molecule has 5 heteroatoms. The SMILES string of the molecule is CCCCOc1cc(Br)c(C[NH2+][C@H](CC)CO)cc1OC. The van der Waals surface area contributed by atoms with Gasteiger partial charge in [-0.3, -0.25) is 0 Å². The summed E-state index contributed by atoms with van der Waals surface area (Å²) in [5.41, 5.74) is 1.14. The number of unbranched alkanes of at least 4 members (excludes halogenated alkanes) is 1. The van der Waals surface area contributed by atoms with Crippen molar-refractivity contribution >= 4 is 15.9 Å². The average Bonchev–Trinajstić information content (AvgIpc) is 2.50. The molecule has 0 bridgehead atoms. The summed E-state index contributed by atoms with van der Waals surface area (Å²) in [5.74, 6) is 1.53. The Morgan fingerprint density at radius 1 is 1.29 bits per heavy atom. The van der Waals surface area contributed by atoms with Crippen molar-refractivity contribution in [3.63, 3.8) is 0 Å². The highest BCUT2D eigenvalue weighted by Gasteiger charge is 2.14. The number of methoxy groups -OCH3 is 1. The maximum absolute atomic E-state index is 9.25. The van der Waals surface area contributed by atoms with Crippen LogP contribution in [0.3, 0.4) is 0 Å². The van der Waals surface area contributed by atoms with Gasteiger partial charge in [0, 0.05) is 10.0 Å². The number of rotatable bonds is 10. The van der Waals surface area contributed by atoms with E-state index in [1.807, 2.05) is 12.1 Å². The molecule has 4 nitrogen and oxygen atoms in total. The monoisotopic (exact) mass is 360 g/mol. The number of halogens is 1. The van der Waals surface area contributed by atoms with Gasteiger partial charge in [0.25, 0.3) is 0 Å². The molecule has 0 radical (unpaired) electrons. The Morgan fingerprint density at radius 3 is 2.62 bits per heavy atom. The van der Waals surface area contributed by atoms with E-state index in [-0.39, 0.29) is 12.6 Å². The van der Waals surface area contributed by atoms with Crippen molar-refractivity contribution in [1.82, 2.24) is 0 Å². The summed E-state index contributed by atoms with van der Waals surface area (Å²) in [5, 5.41) is 11.4. The van der Waals surface area contributed by atoms with E-state index in [2.05, 4.69) is 35.1 Å². The van der Waals surface area contributed by atoms with Crippen LogP contribution in [0.25, 0.3) is 0 Å². The van der Waals surface area contributed by atoms with Gasteiger partial charge >= 0.3 is 0 Å². The van der Waals surface area contributed by atoms with E-state index in [1.54, 1.807) is 7.11 Å². The summed E-state index contributed by atoms with van der Waals surface area (Å²) in [4.78, 5) is 0. The molecular weight excluding hydrogens is 334 g/mol. The molecule has 1 rings (SSSR count). The second-order valence-corrected chi connectivity index (χ2v) is 5.94. The van der Waals surface area contributed by atoms with Crippen molar-refractivity contribution in [1.29, 1.82) is 0 Å². The molecule has 120 valence electrons. The van der Waals surface area contributed by atoms with Crippen LogP contribution >= 0.6 is 15.9 Å². The number of nitrogens with two attached hydrogens (primary N) is 1. The number of aliphatic hydroxyl groups excluding tert-OH is 1. The van der Waals surface area contributed by atoms with Gasteiger partial charge in [0.05, 0.1) is 20.3 Å². The van der Waals surface area contributed by atoms with Crippen LogP contribution in [0.4, 0.5) is 0 Å². The van der Waals surface area contributed by atoms with Crippen molar-refractivity contribution in [2.24, 2.45) is 0 Å². The zero-order chi connectivity index (χ0) is 15.7. The van der Waals surface area contributed by atoms with Gasteiger partial charge in [-0.1, -0.05) is 36.2 Å². The van der Waals surface area contributed by atoms with E-state index in [0.29, 0.717) is 6.61 Å². The zero-order valence-electron chi connectivity index (χ0n) is 13.2. The first-order chi connectivity index (χ1) is 10.2. The first kappa shape index (κ1) is 18.3. The maximum atomic E-state index is 9.25. The molecule has 0 aliphatic carbocycles. The third-order valence-corrected chi connectivity index (χ3v) is 4.26. The van der Waals surface area contributed by atoms with Crippen molar-refractivity contribution in [3.8, 4) is 11.5 Å². The largest absolute Gasteiger partial charge is 0.493 e. The van der Waals surface area contributed by atoms with Crippen LogP contribution in [0, 0.1) is 0 Å². The summed E-state index contributed by atoms with van der Waals surface area (Å²) < 4.78 is 12.2. The van der Waals surface area contributed by atoms with Crippen LogP contribution < -0.4 is 14.8 Å². The average molecular weight is 361 g/mol. The molecule has 0 aromatic heterocycles. The second-order valence-electron chi connectivity index (χ2n) is 5.09. The predicted molar refractivity (Wildman–Crippen MR) is 87.9 cm³/mol. The molecule has 0 saturated carbocycles. The molecule has 0 fully saturated rings. The standard InChI is InChI=1S/C16H26BrNO3/c1-4-6-7-21-16-9-14(17)12(8-15(16)20-3)10-18-13(5-2)11-19/h8-9,13,18-19H,4-7,10-11H2,1-3H3/p+1/t13-/m1/s1. The van der Waals surface area contributed by atoms with Crippen LogP contribution in [0.1, 0.15) is 38.7 Å². The van der Waals surface area contributed by atoms with Crippen LogP contribution in [-0.4, -0.2) is 31.5 Å². The number of hydrogen-bond acceptors (Lipinski definition) is 3. The van der Waals surface area contributed by atoms with Gasteiger partial charge in [-0.15, -0.1) is 0 Å². The molecule has 0 heterocycles. The van der Waals surface area contributed by atoms with Crippen LogP contribution in [0.5, 0.6) is 11.5 Å².